The first kappa shape index (κ1) is 13.5. The van der Waals surface area contributed by atoms with Crippen molar-refractivity contribution in [3.05, 3.63) is 11.3 Å². The molecule has 0 aromatic rings. The molecule has 0 saturated heterocycles. The zero-order valence-electron chi connectivity index (χ0n) is 9.11. The zero-order valence-corrected chi connectivity index (χ0v) is 9.11. The van der Waals surface area contributed by atoms with Crippen molar-refractivity contribution in [2.45, 2.75) is 39.7 Å². The van der Waals surface area contributed by atoms with Crippen LogP contribution in [0.25, 0.3) is 0 Å². The molecule has 0 radical (unpaired) electrons. The lowest BCUT2D eigenvalue weighted by Crippen LogP contribution is -2.18. The van der Waals surface area contributed by atoms with E-state index in [1.54, 1.807) is 13.8 Å². The highest BCUT2D eigenvalue weighted by atomic mass is 16.5. The second-order valence-corrected chi connectivity index (χ2v) is 3.10. The van der Waals surface area contributed by atoms with Gasteiger partial charge in [-0.2, -0.15) is 0 Å². The van der Waals surface area contributed by atoms with Crippen molar-refractivity contribution in [3.8, 4) is 0 Å². The molecule has 15 heavy (non-hydrogen) atoms. The third kappa shape index (κ3) is 4.01. The molecule has 0 aromatic heterocycles. The van der Waals surface area contributed by atoms with Crippen LogP contribution in [0.1, 0.15) is 33.6 Å². The van der Waals surface area contributed by atoms with Gasteiger partial charge in [0, 0.05) is 6.42 Å². The molecular formula is C10H16O5. The highest BCUT2D eigenvalue weighted by Crippen LogP contribution is 2.15. The number of carboxylic acids is 2. The summed E-state index contributed by atoms with van der Waals surface area (Å²) < 4.78 is 5.25. The van der Waals surface area contributed by atoms with E-state index in [2.05, 4.69) is 0 Å². The molecule has 5 nitrogen and oxygen atoms in total. The first-order chi connectivity index (χ1) is 6.93. The van der Waals surface area contributed by atoms with Crippen molar-refractivity contribution in [3.63, 3.8) is 0 Å². The molecule has 0 saturated carbocycles. The number of allylic oxidation sites excluding steroid dienone is 1. The topological polar surface area (TPSA) is 83.8 Å². The number of ether oxygens (including phenoxy) is 1. The molecule has 0 bridgehead atoms. The van der Waals surface area contributed by atoms with Crippen molar-refractivity contribution in [1.29, 1.82) is 0 Å². The molecule has 5 heteroatoms. The van der Waals surface area contributed by atoms with E-state index in [1.165, 1.54) is 0 Å². The third-order valence-electron chi connectivity index (χ3n) is 1.95. The van der Waals surface area contributed by atoms with Crippen LogP contribution in [0.15, 0.2) is 11.3 Å². The summed E-state index contributed by atoms with van der Waals surface area (Å²) in [5, 5.41) is 17.4. The molecule has 0 spiro atoms. The summed E-state index contributed by atoms with van der Waals surface area (Å²) in [6.45, 7) is 5.29. The average Bonchev–Trinajstić information content (AvgIpc) is 2.15. The summed E-state index contributed by atoms with van der Waals surface area (Å²) in [4.78, 5) is 21.4. The fourth-order valence-electron chi connectivity index (χ4n) is 0.975. The molecular weight excluding hydrogens is 200 g/mol. The van der Waals surface area contributed by atoms with Crippen molar-refractivity contribution in [2.75, 3.05) is 0 Å². The van der Waals surface area contributed by atoms with Gasteiger partial charge in [-0.25, -0.2) is 9.59 Å². The Kier molecular flexibility index (Phi) is 5.44. The van der Waals surface area contributed by atoms with Crippen LogP contribution in [-0.2, 0) is 14.3 Å². The van der Waals surface area contributed by atoms with Gasteiger partial charge in [0.25, 0.3) is 0 Å². The minimum Gasteiger partial charge on any atom is -0.494 e. The predicted octanol–water partition coefficient (Wildman–Crippen LogP) is 1.63. The van der Waals surface area contributed by atoms with Gasteiger partial charge in [0.2, 0.25) is 0 Å². The Bertz CT molecular complexity index is 264. The largest absolute Gasteiger partial charge is 0.494 e. The molecule has 1 unspecified atom stereocenters. The Morgan fingerprint density at radius 1 is 1.20 bits per heavy atom. The number of rotatable bonds is 6. The first-order valence-electron chi connectivity index (χ1n) is 4.80. The zero-order chi connectivity index (χ0) is 12.0. The van der Waals surface area contributed by atoms with Crippen LogP contribution in [0.3, 0.4) is 0 Å². The summed E-state index contributed by atoms with van der Waals surface area (Å²) in [5.41, 5.74) is -0.683. The molecule has 86 valence electrons. The van der Waals surface area contributed by atoms with Crippen LogP contribution in [0.4, 0.5) is 0 Å². The van der Waals surface area contributed by atoms with Gasteiger partial charge in [-0.3, -0.25) is 0 Å². The lowest BCUT2D eigenvalue weighted by molar-refractivity contribution is -0.140. The van der Waals surface area contributed by atoms with Crippen LogP contribution in [0.5, 0.6) is 0 Å². The minimum atomic E-state index is -1.47. The van der Waals surface area contributed by atoms with Gasteiger partial charge < -0.3 is 14.9 Å². The molecule has 0 amide bonds. The van der Waals surface area contributed by atoms with E-state index in [1.807, 2.05) is 6.92 Å². The molecule has 0 fully saturated rings. The maximum absolute atomic E-state index is 10.7. The Morgan fingerprint density at radius 3 is 1.93 bits per heavy atom. The second-order valence-electron chi connectivity index (χ2n) is 3.10. The van der Waals surface area contributed by atoms with Gasteiger partial charge in [0.1, 0.15) is 5.76 Å². The molecule has 0 aliphatic heterocycles. The van der Waals surface area contributed by atoms with Crippen molar-refractivity contribution in [2.24, 2.45) is 0 Å². The van der Waals surface area contributed by atoms with E-state index in [0.717, 1.165) is 0 Å². The van der Waals surface area contributed by atoms with Gasteiger partial charge in [-0.05, 0) is 13.3 Å². The van der Waals surface area contributed by atoms with Gasteiger partial charge in [-0.1, -0.05) is 13.8 Å². The smallest absolute Gasteiger partial charge is 0.346 e. The predicted molar refractivity (Wildman–Crippen MR) is 53.4 cm³/mol. The quantitative estimate of drug-likeness (QED) is 0.305. The molecule has 0 rings (SSSR count). The fourth-order valence-corrected chi connectivity index (χ4v) is 0.975. The number of hydrogen-bond donors (Lipinski definition) is 2. The van der Waals surface area contributed by atoms with Crippen LogP contribution in [0, 0.1) is 0 Å². The van der Waals surface area contributed by atoms with Gasteiger partial charge in [0.15, 0.2) is 5.57 Å². The monoisotopic (exact) mass is 216 g/mol. The Labute approximate surface area is 88.4 Å². The van der Waals surface area contributed by atoms with Gasteiger partial charge in [0.05, 0.1) is 6.10 Å². The molecule has 0 aromatic carbocycles. The average molecular weight is 216 g/mol. The molecule has 0 aliphatic rings. The molecule has 1 atom stereocenters. The summed E-state index contributed by atoms with van der Waals surface area (Å²) in [7, 11) is 0. The summed E-state index contributed by atoms with van der Waals surface area (Å²) >= 11 is 0. The SMILES string of the molecule is CCC(OC(C)CC)=C(C(=O)O)C(=O)O. The Hall–Kier alpha value is -1.52. The molecule has 0 aliphatic carbocycles. The van der Waals surface area contributed by atoms with E-state index in [-0.39, 0.29) is 18.3 Å². The molecule has 2 N–H and O–H groups in total. The number of aliphatic carboxylic acids is 2. The lowest BCUT2D eigenvalue weighted by Gasteiger charge is -2.15. The molecule has 0 heterocycles. The van der Waals surface area contributed by atoms with Crippen molar-refractivity contribution < 1.29 is 24.5 Å². The van der Waals surface area contributed by atoms with Crippen molar-refractivity contribution >= 4 is 11.9 Å². The van der Waals surface area contributed by atoms with Crippen LogP contribution in [0.2, 0.25) is 0 Å². The summed E-state index contributed by atoms with van der Waals surface area (Å²) in [6, 6.07) is 0. The van der Waals surface area contributed by atoms with E-state index in [4.69, 9.17) is 14.9 Å². The van der Waals surface area contributed by atoms with Gasteiger partial charge in [-0.15, -0.1) is 0 Å². The second kappa shape index (κ2) is 6.06. The van der Waals surface area contributed by atoms with Gasteiger partial charge >= 0.3 is 11.9 Å². The van der Waals surface area contributed by atoms with E-state index in [0.29, 0.717) is 6.42 Å². The Morgan fingerprint density at radius 2 is 1.67 bits per heavy atom. The lowest BCUT2D eigenvalue weighted by atomic mass is 10.2. The number of hydrogen-bond acceptors (Lipinski definition) is 3. The van der Waals surface area contributed by atoms with E-state index < -0.39 is 17.5 Å². The van der Waals surface area contributed by atoms with Crippen LogP contribution in [-0.4, -0.2) is 28.3 Å². The van der Waals surface area contributed by atoms with E-state index in [9.17, 15) is 9.59 Å². The number of carbonyl (C=O) groups is 2. The maximum atomic E-state index is 10.7. The normalized spacial score (nSPS) is 11.7. The first-order valence-corrected chi connectivity index (χ1v) is 4.80. The summed E-state index contributed by atoms with van der Waals surface area (Å²) in [5.74, 6) is -2.92. The van der Waals surface area contributed by atoms with Crippen molar-refractivity contribution in [1.82, 2.24) is 0 Å². The maximum Gasteiger partial charge on any atom is 0.346 e. The fraction of sp³-hybridized carbons (Fsp3) is 0.600. The highest BCUT2D eigenvalue weighted by molar-refractivity contribution is 6.12. The minimum absolute atomic E-state index is 0.0179. The van der Waals surface area contributed by atoms with Crippen LogP contribution >= 0.6 is 0 Å². The van der Waals surface area contributed by atoms with E-state index >= 15 is 0 Å². The number of carboxylic acid groups (broad SMARTS) is 2. The summed E-state index contributed by atoms with van der Waals surface area (Å²) in [6.07, 6.45) is 0.752. The standard InChI is InChI=1S/C10H16O5/c1-4-6(3)15-7(5-2)8(9(11)12)10(13)14/h6H,4-5H2,1-3H3,(H,11,12)(H,13,14). The highest BCUT2D eigenvalue weighted by Gasteiger charge is 2.23. The Balaban J connectivity index is 5.06. The van der Waals surface area contributed by atoms with Crippen LogP contribution < -0.4 is 0 Å². The third-order valence-corrected chi connectivity index (χ3v) is 1.95.